The molecule has 1 saturated heterocycles. The summed E-state index contributed by atoms with van der Waals surface area (Å²) in [6, 6.07) is 0.609. The van der Waals surface area contributed by atoms with Gasteiger partial charge in [0.05, 0.1) is 25.2 Å². The molecule has 0 aromatic carbocycles. The van der Waals surface area contributed by atoms with Crippen molar-refractivity contribution < 1.29 is 9.84 Å². The van der Waals surface area contributed by atoms with E-state index in [-0.39, 0.29) is 12.0 Å². The number of hydrogen-bond donors (Lipinski definition) is 2. The SMILES string of the molecule is CC1CC(NCC2(CO)COC2)CC(C)(C)C1. The quantitative estimate of drug-likeness (QED) is 0.788. The van der Waals surface area contributed by atoms with E-state index in [1.165, 1.54) is 19.3 Å². The summed E-state index contributed by atoms with van der Waals surface area (Å²) >= 11 is 0. The highest BCUT2D eigenvalue weighted by atomic mass is 16.5. The lowest BCUT2D eigenvalue weighted by Gasteiger charge is -2.44. The average Bonchev–Trinajstić information content (AvgIpc) is 2.13. The molecule has 1 aliphatic heterocycles. The van der Waals surface area contributed by atoms with Crippen LogP contribution in [0.2, 0.25) is 0 Å². The van der Waals surface area contributed by atoms with Gasteiger partial charge in [-0.2, -0.15) is 0 Å². The number of ether oxygens (including phenoxy) is 1. The Morgan fingerprint density at radius 1 is 1.29 bits per heavy atom. The zero-order valence-corrected chi connectivity index (χ0v) is 11.5. The molecule has 100 valence electrons. The largest absolute Gasteiger partial charge is 0.396 e. The fourth-order valence-corrected chi connectivity index (χ4v) is 3.50. The maximum absolute atomic E-state index is 9.40. The molecule has 1 saturated carbocycles. The van der Waals surface area contributed by atoms with Gasteiger partial charge < -0.3 is 15.2 Å². The normalized spacial score (nSPS) is 35.3. The lowest BCUT2D eigenvalue weighted by molar-refractivity contribution is -0.135. The van der Waals surface area contributed by atoms with Crippen molar-refractivity contribution in [1.82, 2.24) is 5.32 Å². The van der Waals surface area contributed by atoms with Crippen LogP contribution in [0.1, 0.15) is 40.0 Å². The lowest BCUT2D eigenvalue weighted by atomic mass is 9.70. The Balaban J connectivity index is 1.82. The molecule has 17 heavy (non-hydrogen) atoms. The van der Waals surface area contributed by atoms with Gasteiger partial charge >= 0.3 is 0 Å². The van der Waals surface area contributed by atoms with Gasteiger partial charge in [-0.25, -0.2) is 0 Å². The first-order chi connectivity index (χ1) is 7.95. The Kier molecular flexibility index (Phi) is 3.81. The summed E-state index contributed by atoms with van der Waals surface area (Å²) in [4.78, 5) is 0. The summed E-state index contributed by atoms with van der Waals surface area (Å²) < 4.78 is 5.23. The van der Waals surface area contributed by atoms with Crippen LogP contribution in [0.3, 0.4) is 0 Å². The molecule has 0 bridgehead atoms. The Hall–Kier alpha value is -0.120. The maximum atomic E-state index is 9.40. The first kappa shape index (κ1) is 13.3. The van der Waals surface area contributed by atoms with Crippen LogP contribution in [0, 0.1) is 16.7 Å². The second-order valence-electron chi connectivity index (χ2n) is 7.14. The Bertz CT molecular complexity index is 255. The van der Waals surface area contributed by atoms with Crippen molar-refractivity contribution in [2.45, 2.75) is 46.1 Å². The summed E-state index contributed by atoms with van der Waals surface area (Å²) in [5.41, 5.74) is 0.461. The molecule has 3 heteroatoms. The van der Waals surface area contributed by atoms with Crippen molar-refractivity contribution in [3.8, 4) is 0 Å². The average molecular weight is 241 g/mol. The molecule has 1 heterocycles. The Morgan fingerprint density at radius 3 is 2.47 bits per heavy atom. The van der Waals surface area contributed by atoms with Crippen molar-refractivity contribution >= 4 is 0 Å². The molecule has 2 rings (SSSR count). The van der Waals surface area contributed by atoms with E-state index in [1.807, 2.05) is 0 Å². The molecular formula is C14H27NO2. The minimum absolute atomic E-state index is 0.00479. The van der Waals surface area contributed by atoms with Crippen LogP contribution < -0.4 is 5.32 Å². The lowest BCUT2D eigenvalue weighted by Crippen LogP contribution is -2.55. The third-order valence-electron chi connectivity index (χ3n) is 4.30. The van der Waals surface area contributed by atoms with Crippen LogP contribution in [0.15, 0.2) is 0 Å². The first-order valence-electron chi connectivity index (χ1n) is 6.87. The molecule has 2 N–H and O–H groups in total. The van der Waals surface area contributed by atoms with E-state index in [4.69, 9.17) is 4.74 Å². The minimum Gasteiger partial charge on any atom is -0.396 e. The number of hydrogen-bond acceptors (Lipinski definition) is 3. The Labute approximate surface area is 105 Å². The minimum atomic E-state index is 0.00479. The number of rotatable bonds is 4. The monoisotopic (exact) mass is 241 g/mol. The molecule has 3 nitrogen and oxygen atoms in total. The highest BCUT2D eigenvalue weighted by Crippen LogP contribution is 2.38. The summed E-state index contributed by atoms with van der Waals surface area (Å²) in [6.45, 7) is 9.65. The van der Waals surface area contributed by atoms with E-state index in [2.05, 4.69) is 26.1 Å². The molecule has 2 fully saturated rings. The van der Waals surface area contributed by atoms with Crippen LogP contribution in [-0.2, 0) is 4.74 Å². The van der Waals surface area contributed by atoms with Crippen LogP contribution >= 0.6 is 0 Å². The van der Waals surface area contributed by atoms with Gasteiger partial charge in [0, 0.05) is 12.6 Å². The zero-order valence-electron chi connectivity index (χ0n) is 11.5. The van der Waals surface area contributed by atoms with E-state index in [0.717, 1.165) is 12.5 Å². The maximum Gasteiger partial charge on any atom is 0.0579 e. The van der Waals surface area contributed by atoms with E-state index in [0.29, 0.717) is 24.7 Å². The standard InChI is InChI=1S/C14H27NO2/c1-11-4-12(6-13(2,3)5-11)15-7-14(8-16)9-17-10-14/h11-12,15-16H,4-10H2,1-3H3. The number of aliphatic hydroxyl groups is 1. The molecule has 0 spiro atoms. The van der Waals surface area contributed by atoms with E-state index in [9.17, 15) is 5.11 Å². The summed E-state index contributed by atoms with van der Waals surface area (Å²) in [6.07, 6.45) is 3.85. The zero-order chi connectivity index (χ0) is 12.5. The van der Waals surface area contributed by atoms with Crippen LogP contribution in [-0.4, -0.2) is 37.5 Å². The van der Waals surface area contributed by atoms with Crippen molar-refractivity contribution in [1.29, 1.82) is 0 Å². The molecule has 1 aliphatic carbocycles. The fraction of sp³-hybridized carbons (Fsp3) is 1.00. The molecule has 2 unspecified atom stereocenters. The predicted octanol–water partition coefficient (Wildman–Crippen LogP) is 1.80. The van der Waals surface area contributed by atoms with E-state index >= 15 is 0 Å². The van der Waals surface area contributed by atoms with Gasteiger partial charge in [0.15, 0.2) is 0 Å². The third-order valence-corrected chi connectivity index (χ3v) is 4.30. The van der Waals surface area contributed by atoms with Gasteiger partial charge in [-0.15, -0.1) is 0 Å². The molecular weight excluding hydrogens is 214 g/mol. The van der Waals surface area contributed by atoms with Crippen LogP contribution in [0.5, 0.6) is 0 Å². The second-order valence-corrected chi connectivity index (χ2v) is 7.14. The van der Waals surface area contributed by atoms with Crippen molar-refractivity contribution in [3.63, 3.8) is 0 Å². The molecule has 2 aliphatic rings. The summed E-state index contributed by atoms with van der Waals surface area (Å²) in [5, 5.41) is 13.1. The second kappa shape index (κ2) is 4.87. The number of aliphatic hydroxyl groups excluding tert-OH is 1. The van der Waals surface area contributed by atoms with Crippen molar-refractivity contribution in [3.05, 3.63) is 0 Å². The topological polar surface area (TPSA) is 41.5 Å². The van der Waals surface area contributed by atoms with E-state index < -0.39 is 0 Å². The fourth-order valence-electron chi connectivity index (χ4n) is 3.50. The van der Waals surface area contributed by atoms with E-state index in [1.54, 1.807) is 0 Å². The molecule has 0 radical (unpaired) electrons. The number of nitrogens with one attached hydrogen (secondary N) is 1. The molecule has 0 aromatic rings. The predicted molar refractivity (Wildman–Crippen MR) is 68.9 cm³/mol. The highest BCUT2D eigenvalue weighted by Gasteiger charge is 2.39. The van der Waals surface area contributed by atoms with Crippen LogP contribution in [0.4, 0.5) is 0 Å². The smallest absolute Gasteiger partial charge is 0.0579 e. The van der Waals surface area contributed by atoms with Crippen molar-refractivity contribution in [2.24, 2.45) is 16.7 Å². The van der Waals surface area contributed by atoms with Gasteiger partial charge in [-0.05, 0) is 30.6 Å². The van der Waals surface area contributed by atoms with Gasteiger partial charge in [0.2, 0.25) is 0 Å². The van der Waals surface area contributed by atoms with Gasteiger partial charge in [0.25, 0.3) is 0 Å². The molecule has 2 atom stereocenters. The third kappa shape index (κ3) is 3.21. The molecule has 0 amide bonds. The first-order valence-corrected chi connectivity index (χ1v) is 6.87. The van der Waals surface area contributed by atoms with Gasteiger partial charge in [-0.3, -0.25) is 0 Å². The van der Waals surface area contributed by atoms with Gasteiger partial charge in [0.1, 0.15) is 0 Å². The van der Waals surface area contributed by atoms with Gasteiger partial charge in [-0.1, -0.05) is 20.8 Å². The summed E-state index contributed by atoms with van der Waals surface area (Å²) in [7, 11) is 0. The highest BCUT2D eigenvalue weighted by molar-refractivity contribution is 4.91. The van der Waals surface area contributed by atoms with Crippen molar-refractivity contribution in [2.75, 3.05) is 26.4 Å². The summed E-state index contributed by atoms with van der Waals surface area (Å²) in [5.74, 6) is 0.805. The Morgan fingerprint density at radius 2 is 2.00 bits per heavy atom. The molecule has 0 aromatic heterocycles. The van der Waals surface area contributed by atoms with Crippen LogP contribution in [0.25, 0.3) is 0 Å².